The zero-order chi connectivity index (χ0) is 52.2. The molecule has 3 N–H and O–H groups in total. The number of hydrogen-bond acceptors (Lipinski definition) is 7. The van der Waals surface area contributed by atoms with Crippen molar-refractivity contribution in [2.75, 3.05) is 6.61 Å². The zero-order valence-corrected chi connectivity index (χ0v) is 46.5. The third-order valence-corrected chi connectivity index (χ3v) is 24.1. The van der Waals surface area contributed by atoms with Crippen molar-refractivity contribution in [3.05, 3.63) is 83.4 Å². The molecule has 11 rings (SSSR count). The number of carbonyl (C=O) groups excluding carboxylic acids is 2. The van der Waals surface area contributed by atoms with E-state index < -0.39 is 46.1 Å². The Kier molecular flexibility index (Phi) is 15.0. The maximum atomic E-state index is 14.4. The highest BCUT2D eigenvalue weighted by Crippen LogP contribution is 2.75. The van der Waals surface area contributed by atoms with Crippen molar-refractivity contribution in [3.8, 4) is 11.8 Å². The minimum atomic E-state index is -1.69. The van der Waals surface area contributed by atoms with Crippen LogP contribution in [0.5, 0.6) is 0 Å². The summed E-state index contributed by atoms with van der Waals surface area (Å²) in [5.41, 5.74) is 0.541. The molecule has 2 heterocycles. The highest BCUT2D eigenvalue weighted by atomic mass is 16.5. The first-order chi connectivity index (χ1) is 36.1. The molecule has 0 saturated heterocycles. The van der Waals surface area contributed by atoms with E-state index in [-0.39, 0.29) is 42.7 Å². The van der Waals surface area contributed by atoms with Crippen LogP contribution in [0.15, 0.2) is 72.3 Å². The summed E-state index contributed by atoms with van der Waals surface area (Å²) in [6.07, 6.45) is 30.8. The van der Waals surface area contributed by atoms with Gasteiger partial charge in [-0.1, -0.05) is 119 Å². The molecule has 2 aromatic rings. The molecule has 2 bridgehead atoms. The molecular weight excluding hydrogens is 929 g/mol. The third-order valence-electron chi connectivity index (χ3n) is 24.1. The second kappa shape index (κ2) is 21.0. The lowest BCUT2D eigenvalue weighted by atomic mass is 9.35. The highest BCUT2D eigenvalue weighted by molar-refractivity contribution is 5.85. The van der Waals surface area contributed by atoms with E-state index in [0.29, 0.717) is 54.3 Å². The van der Waals surface area contributed by atoms with Gasteiger partial charge in [-0.2, -0.15) is 0 Å². The maximum absolute atomic E-state index is 14.4. The Morgan fingerprint density at radius 2 is 1.47 bits per heavy atom. The summed E-state index contributed by atoms with van der Waals surface area (Å²) < 4.78 is 12.2. The summed E-state index contributed by atoms with van der Waals surface area (Å²) in [5, 5.41) is 41.3. The Hall–Kier alpha value is -3.44. The van der Waals surface area contributed by atoms with E-state index in [1.807, 2.05) is 6.92 Å². The topological polar surface area (TPSA) is 113 Å². The molecule has 9 aliphatic rings. The van der Waals surface area contributed by atoms with Gasteiger partial charge in [-0.25, -0.2) is 4.79 Å². The summed E-state index contributed by atoms with van der Waals surface area (Å²) in [6.45, 7) is 6.89. The number of fused-ring (bicyclic) bond motifs is 4. The molecule has 11 atom stereocenters. The van der Waals surface area contributed by atoms with Crippen LogP contribution in [0.1, 0.15) is 225 Å². The van der Waals surface area contributed by atoms with Crippen molar-refractivity contribution < 1.29 is 34.4 Å². The molecule has 0 aromatic heterocycles. The van der Waals surface area contributed by atoms with E-state index in [1.54, 1.807) is 11.6 Å². The number of aliphatic hydroxyl groups excluding tert-OH is 2. The monoisotopic (exact) mass is 1020 g/mol. The fraction of sp³-hybridized carbons (Fsp3) is 0.735. The molecule has 2 aliphatic heterocycles. The predicted molar refractivity (Wildman–Crippen MR) is 296 cm³/mol. The van der Waals surface area contributed by atoms with E-state index in [9.17, 15) is 24.9 Å². The normalized spacial score (nSPS) is 39.7. The van der Waals surface area contributed by atoms with Crippen LogP contribution in [-0.4, -0.2) is 57.8 Å². The van der Waals surface area contributed by atoms with E-state index in [0.717, 1.165) is 56.4 Å². The smallest absolute Gasteiger partial charge is 0.331 e. The van der Waals surface area contributed by atoms with Crippen LogP contribution < -0.4 is 0 Å². The van der Waals surface area contributed by atoms with Gasteiger partial charge in [-0.15, -0.1) is 5.92 Å². The molecule has 408 valence electrons. The largest absolute Gasteiger partial charge is 0.462 e. The number of esters is 2. The van der Waals surface area contributed by atoms with Crippen LogP contribution in [-0.2, 0) is 30.9 Å². The number of cyclic esters (lactones) is 1. The van der Waals surface area contributed by atoms with Crippen LogP contribution in [0, 0.1) is 68.0 Å². The van der Waals surface area contributed by atoms with Gasteiger partial charge in [0.05, 0.1) is 35.1 Å². The minimum absolute atomic E-state index is 0.175. The SMILES string of the molecule is C[C@H](CCCc1ccccc1)CC[C@H](O)[C@]12[C@H](O)CC[C@@](C)(C3CCC4(CC3)C[C@@H](CC3(c5ccccc5)CCCCC3)[C@]3(CCC5(CCCC5)C3)C4)[C@@H]1[C@H]1C[C@](C)(C#CCCC(=O)O1)[C@]2(O)CCC1=CC(=O)OC1. The van der Waals surface area contributed by atoms with Gasteiger partial charge in [0.1, 0.15) is 12.7 Å². The van der Waals surface area contributed by atoms with Crippen molar-refractivity contribution >= 4 is 11.9 Å². The van der Waals surface area contributed by atoms with Crippen molar-refractivity contribution in [2.24, 2.45) is 56.2 Å². The Balaban J connectivity index is 0.929. The molecule has 7 fully saturated rings. The molecule has 7 aliphatic carbocycles. The van der Waals surface area contributed by atoms with E-state index in [2.05, 4.69) is 86.4 Å². The molecule has 3 spiro atoms. The van der Waals surface area contributed by atoms with Gasteiger partial charge >= 0.3 is 11.9 Å². The maximum Gasteiger partial charge on any atom is 0.331 e. The molecule has 2 aromatic carbocycles. The van der Waals surface area contributed by atoms with Crippen molar-refractivity contribution in [2.45, 2.75) is 249 Å². The Labute approximate surface area is 451 Å². The summed E-state index contributed by atoms with van der Waals surface area (Å²) in [5.74, 6) is 7.04. The lowest BCUT2D eigenvalue weighted by molar-refractivity contribution is -0.339. The lowest BCUT2D eigenvalue weighted by Crippen LogP contribution is -2.79. The summed E-state index contributed by atoms with van der Waals surface area (Å²) in [4.78, 5) is 26.5. The van der Waals surface area contributed by atoms with Crippen molar-refractivity contribution in [1.29, 1.82) is 0 Å². The van der Waals surface area contributed by atoms with Crippen LogP contribution in [0.2, 0.25) is 0 Å². The molecule has 0 unspecified atom stereocenters. The first-order valence-electron chi connectivity index (χ1n) is 30.8. The number of hydrogen-bond donors (Lipinski definition) is 3. The number of benzene rings is 2. The van der Waals surface area contributed by atoms with Crippen LogP contribution in [0.4, 0.5) is 0 Å². The fourth-order valence-corrected chi connectivity index (χ4v) is 20.5. The molecule has 0 radical (unpaired) electrons. The number of rotatable bonds is 15. The van der Waals surface area contributed by atoms with Gasteiger partial charge in [0, 0.05) is 24.8 Å². The van der Waals surface area contributed by atoms with Crippen LogP contribution in [0.3, 0.4) is 0 Å². The molecule has 0 amide bonds. The number of carbonyl (C=O) groups is 2. The second-order valence-electron chi connectivity index (χ2n) is 28.2. The Morgan fingerprint density at radius 1 is 0.760 bits per heavy atom. The van der Waals surface area contributed by atoms with Gasteiger partial charge in [0.15, 0.2) is 0 Å². The van der Waals surface area contributed by atoms with Crippen LogP contribution >= 0.6 is 0 Å². The first kappa shape index (κ1) is 53.6. The standard InChI is InChI=1S/C68H94O7/c1-49(18-17-21-50-19-7-4-8-20-50)25-26-56(69)68-57(70)30-36-62(3,60(68)55-45-61(2,31-14-11-24-58(71)75-55)67(68,73)39-27-51-42-59(72)74-46-51)52-28-37-64(38-29-52)43-54(66(48-64)41-40-63(47-66)32-15-16-33-63)44-65(34-12-6-13-35-65)53-22-9-5-10-23-53/h4-5,7-10,19-20,22-23,42,49,52,54-57,60,69-70,73H,6,11-13,15-18,21,24-30,32-41,43-48H2,1-3H3/t49-,52?,54+,55-,56+,57-,60+,61+,62+,64?,66+,67-,68+/m1/s1. The van der Waals surface area contributed by atoms with Crippen molar-refractivity contribution in [3.63, 3.8) is 0 Å². The summed E-state index contributed by atoms with van der Waals surface area (Å²) in [7, 11) is 0. The van der Waals surface area contributed by atoms with Crippen molar-refractivity contribution in [1.82, 2.24) is 0 Å². The van der Waals surface area contributed by atoms with E-state index >= 15 is 0 Å². The predicted octanol–water partition coefficient (Wildman–Crippen LogP) is 14.3. The molecule has 7 nitrogen and oxygen atoms in total. The first-order valence-corrected chi connectivity index (χ1v) is 30.8. The van der Waals surface area contributed by atoms with Gasteiger partial charge in [-0.3, -0.25) is 4.79 Å². The molecule has 75 heavy (non-hydrogen) atoms. The molecule has 7 heteroatoms. The van der Waals surface area contributed by atoms with E-state index in [4.69, 9.17) is 9.47 Å². The highest BCUT2D eigenvalue weighted by Gasteiger charge is 2.78. The minimum Gasteiger partial charge on any atom is -0.462 e. The average Bonchev–Trinajstić information content (AvgIpc) is 4.22. The van der Waals surface area contributed by atoms with Gasteiger partial charge < -0.3 is 24.8 Å². The third kappa shape index (κ3) is 9.63. The molecular formula is C68H94O7. The number of ether oxygens (including phenoxy) is 2. The van der Waals surface area contributed by atoms with Gasteiger partial charge in [0.2, 0.25) is 0 Å². The van der Waals surface area contributed by atoms with Gasteiger partial charge in [-0.05, 0) is 210 Å². The molecule has 7 saturated carbocycles. The number of aliphatic hydroxyl groups is 3. The summed E-state index contributed by atoms with van der Waals surface area (Å²) in [6, 6.07) is 22.4. The summed E-state index contributed by atoms with van der Waals surface area (Å²) >= 11 is 0. The number of aryl methyl sites for hydroxylation is 1. The Morgan fingerprint density at radius 3 is 2.19 bits per heavy atom. The zero-order valence-electron chi connectivity index (χ0n) is 46.5. The Bertz CT molecular complexity index is 2430. The van der Waals surface area contributed by atoms with E-state index in [1.165, 1.54) is 115 Å². The quantitative estimate of drug-likeness (QED) is 0.120. The lowest BCUT2D eigenvalue weighted by Gasteiger charge is -2.72. The second-order valence-corrected chi connectivity index (χ2v) is 28.2. The fourth-order valence-electron chi connectivity index (χ4n) is 20.5. The average molecular weight is 1020 g/mol. The van der Waals surface area contributed by atoms with Crippen LogP contribution in [0.25, 0.3) is 0 Å². The van der Waals surface area contributed by atoms with Gasteiger partial charge in [0.25, 0.3) is 0 Å².